The number of rotatable bonds is 13. The third-order valence-electron chi connectivity index (χ3n) is 10.1. The number of hydrogen-bond acceptors (Lipinski definition) is 11. The molecule has 7 rings (SSSR count). The molecule has 0 spiro atoms. The van der Waals surface area contributed by atoms with E-state index in [4.69, 9.17) is 33.2 Å². The summed E-state index contributed by atoms with van der Waals surface area (Å²) >= 11 is 1.69. The van der Waals surface area contributed by atoms with Crippen molar-refractivity contribution in [1.82, 2.24) is 9.21 Å². The normalized spacial score (nSPS) is 24.6. The van der Waals surface area contributed by atoms with E-state index in [1.165, 1.54) is 21.3 Å². The van der Waals surface area contributed by atoms with Gasteiger partial charge < -0.3 is 33.2 Å². The van der Waals surface area contributed by atoms with E-state index in [1.54, 1.807) is 22.7 Å². The predicted molar refractivity (Wildman–Crippen MR) is 198 cm³/mol. The van der Waals surface area contributed by atoms with E-state index in [-0.39, 0.29) is 49.5 Å². The van der Waals surface area contributed by atoms with Crippen LogP contribution < -0.4 is 14.2 Å². The van der Waals surface area contributed by atoms with E-state index < -0.39 is 40.1 Å². The number of carbonyl (C=O) groups excluding carboxylic acids is 1. The highest BCUT2D eigenvalue weighted by Gasteiger charge is 2.53. The Kier molecular flexibility index (Phi) is 11.2. The molecule has 0 bridgehead atoms. The van der Waals surface area contributed by atoms with E-state index in [9.17, 15) is 13.2 Å². The second-order valence-corrected chi connectivity index (χ2v) is 17.5. The minimum Gasteiger partial charge on any atom is -0.489 e. The molecule has 14 heteroatoms. The van der Waals surface area contributed by atoms with Crippen LogP contribution in [0.4, 0.5) is 4.79 Å². The van der Waals surface area contributed by atoms with Crippen molar-refractivity contribution in [2.75, 3.05) is 39.4 Å². The van der Waals surface area contributed by atoms with Gasteiger partial charge in [-0.2, -0.15) is 4.31 Å². The van der Waals surface area contributed by atoms with Gasteiger partial charge in [0.1, 0.15) is 24.2 Å². The van der Waals surface area contributed by atoms with Crippen molar-refractivity contribution in [3.8, 4) is 17.2 Å². The van der Waals surface area contributed by atoms with Gasteiger partial charge in [0.05, 0.1) is 36.2 Å². The molecule has 3 saturated heterocycles. The fourth-order valence-electron chi connectivity index (χ4n) is 7.46. The molecule has 0 unspecified atom stereocenters. The Hall–Kier alpha value is -3.53. The van der Waals surface area contributed by atoms with Crippen molar-refractivity contribution >= 4 is 27.9 Å². The summed E-state index contributed by atoms with van der Waals surface area (Å²) in [5.74, 6) is 1.56. The zero-order valence-electron chi connectivity index (χ0n) is 30.8. The lowest BCUT2D eigenvalue weighted by Crippen LogP contribution is -2.51. The number of fused-ring (bicyclic) bond motifs is 2. The molecule has 4 heterocycles. The minimum atomic E-state index is -4.01. The maximum Gasteiger partial charge on any atom is 0.412 e. The quantitative estimate of drug-likeness (QED) is 0.182. The summed E-state index contributed by atoms with van der Waals surface area (Å²) in [5.41, 5.74) is 0.885. The molecule has 0 saturated carbocycles. The summed E-state index contributed by atoms with van der Waals surface area (Å²) in [4.78, 5) is 17.1. The Morgan fingerprint density at radius 2 is 1.74 bits per heavy atom. The van der Waals surface area contributed by atoms with Gasteiger partial charge in [-0.05, 0) is 86.4 Å². The number of benzene rings is 3. The second-order valence-electron chi connectivity index (χ2n) is 14.7. The predicted octanol–water partition coefficient (Wildman–Crippen LogP) is 6.31. The van der Waals surface area contributed by atoms with Crippen LogP contribution in [0.15, 0.2) is 76.5 Å². The van der Waals surface area contributed by atoms with Crippen LogP contribution in [-0.2, 0) is 42.0 Å². The van der Waals surface area contributed by atoms with Gasteiger partial charge in [-0.3, -0.25) is 4.90 Å². The third kappa shape index (κ3) is 8.27. The summed E-state index contributed by atoms with van der Waals surface area (Å²) in [7, 11) is -4.01. The van der Waals surface area contributed by atoms with Gasteiger partial charge in [-0.25, -0.2) is 13.2 Å². The molecule has 3 aromatic rings. The zero-order valence-corrected chi connectivity index (χ0v) is 32.4. The highest BCUT2D eigenvalue weighted by Crippen LogP contribution is 2.40. The molecule has 0 N–H and O–H groups in total. The van der Waals surface area contributed by atoms with Crippen LogP contribution >= 0.6 is 11.8 Å². The molecule has 0 aromatic heterocycles. The Labute approximate surface area is 316 Å². The largest absolute Gasteiger partial charge is 0.489 e. The van der Waals surface area contributed by atoms with E-state index in [2.05, 4.69) is 24.3 Å². The van der Waals surface area contributed by atoms with Crippen LogP contribution in [0.1, 0.15) is 45.2 Å². The van der Waals surface area contributed by atoms with Crippen molar-refractivity contribution < 1.29 is 46.4 Å². The first-order valence-electron chi connectivity index (χ1n) is 18.1. The maximum atomic E-state index is 14.3. The van der Waals surface area contributed by atoms with E-state index in [1.807, 2.05) is 58.2 Å². The Morgan fingerprint density at radius 1 is 1.00 bits per heavy atom. The van der Waals surface area contributed by atoms with Crippen molar-refractivity contribution in [2.45, 2.75) is 87.2 Å². The van der Waals surface area contributed by atoms with Gasteiger partial charge in [0.2, 0.25) is 16.8 Å². The van der Waals surface area contributed by atoms with Crippen molar-refractivity contribution in [2.24, 2.45) is 11.8 Å². The average Bonchev–Trinajstić information content (AvgIpc) is 3.92. The lowest BCUT2D eigenvalue weighted by molar-refractivity contribution is -0.0911. The minimum absolute atomic E-state index is 0.00711. The summed E-state index contributed by atoms with van der Waals surface area (Å²) in [6, 6.07) is 20.1. The van der Waals surface area contributed by atoms with Crippen LogP contribution in [-0.4, -0.2) is 93.3 Å². The molecule has 0 radical (unpaired) electrons. The van der Waals surface area contributed by atoms with Gasteiger partial charge in [-0.15, -0.1) is 11.8 Å². The third-order valence-corrected chi connectivity index (χ3v) is 12.7. The van der Waals surface area contributed by atoms with Gasteiger partial charge in [-0.1, -0.05) is 38.1 Å². The smallest absolute Gasteiger partial charge is 0.412 e. The number of carbonyl (C=O) groups is 1. The van der Waals surface area contributed by atoms with Crippen LogP contribution in [0.5, 0.6) is 17.2 Å². The first-order chi connectivity index (χ1) is 25.4. The van der Waals surface area contributed by atoms with E-state index in [0.29, 0.717) is 36.9 Å². The maximum absolute atomic E-state index is 14.3. The molecule has 53 heavy (non-hydrogen) atoms. The van der Waals surface area contributed by atoms with Gasteiger partial charge in [0, 0.05) is 24.1 Å². The molecule has 0 aliphatic carbocycles. The van der Waals surface area contributed by atoms with Crippen molar-refractivity contribution in [3.05, 3.63) is 77.9 Å². The SMILES string of the molecule is CSc1ccc(COc2ccc(C[C@H]3[C@@H](CN(CC(C)C)S(=O)(=O)c4ccc5c(c4)OCO5)OC(C)(C)N3C(=O)O[C@H]3CO[C@H]4OCC[C@H]43)cc2)cc1. The first kappa shape index (κ1) is 37.8. The molecule has 3 fully saturated rings. The monoisotopic (exact) mass is 768 g/mol. The number of nitrogens with zero attached hydrogens (tertiary/aromatic N) is 2. The standard InChI is InChI=1S/C39H48N2O10S2/c1-25(2)20-40(53(43,44)30-14-15-33-34(19-30)49-24-48-33)21-35-32(18-26-6-10-28(11-7-26)46-22-27-8-12-29(52-5)13-9-27)41(39(3,4)51-35)38(42)50-36-23-47-37-31(36)16-17-45-37/h6-15,19,25,31-32,35-37H,16-18,20-24H2,1-5H3/t31-,32-,35+,36-,37+/m0/s1. The Bertz CT molecular complexity index is 1850. The van der Waals surface area contributed by atoms with E-state index in [0.717, 1.165) is 17.5 Å². The van der Waals surface area contributed by atoms with Crippen molar-refractivity contribution in [1.29, 1.82) is 0 Å². The highest BCUT2D eigenvalue weighted by atomic mass is 32.2. The number of hydrogen-bond donors (Lipinski definition) is 0. The van der Waals surface area contributed by atoms with E-state index >= 15 is 0 Å². The molecule has 4 aliphatic rings. The summed E-state index contributed by atoms with van der Waals surface area (Å²) in [6.07, 6.45) is 1.12. The zero-order chi connectivity index (χ0) is 37.3. The van der Waals surface area contributed by atoms with Crippen LogP contribution in [0.3, 0.4) is 0 Å². The summed E-state index contributed by atoms with van der Waals surface area (Å²) in [5, 5.41) is 0. The number of amides is 1. The first-order valence-corrected chi connectivity index (χ1v) is 20.7. The molecule has 4 aliphatic heterocycles. The lowest BCUT2D eigenvalue weighted by atomic mass is 9.99. The van der Waals surface area contributed by atoms with Crippen LogP contribution in [0.25, 0.3) is 0 Å². The average molecular weight is 769 g/mol. The number of thioether (sulfide) groups is 1. The number of ether oxygens (including phenoxy) is 7. The molecular weight excluding hydrogens is 721 g/mol. The highest BCUT2D eigenvalue weighted by molar-refractivity contribution is 7.98. The van der Waals surface area contributed by atoms with Crippen LogP contribution in [0.2, 0.25) is 0 Å². The Morgan fingerprint density at radius 3 is 2.47 bits per heavy atom. The van der Waals surface area contributed by atoms with Gasteiger partial charge >= 0.3 is 6.09 Å². The number of sulfonamides is 1. The van der Waals surface area contributed by atoms with Crippen molar-refractivity contribution in [3.63, 3.8) is 0 Å². The van der Waals surface area contributed by atoms with Crippen LogP contribution in [0, 0.1) is 11.8 Å². The lowest BCUT2D eigenvalue weighted by Gasteiger charge is -2.34. The molecule has 5 atom stereocenters. The summed E-state index contributed by atoms with van der Waals surface area (Å²) in [6.45, 7) is 9.09. The molecule has 286 valence electrons. The fourth-order valence-corrected chi connectivity index (χ4v) is 9.50. The summed E-state index contributed by atoms with van der Waals surface area (Å²) < 4.78 is 71.3. The second kappa shape index (κ2) is 15.7. The van der Waals surface area contributed by atoms with Gasteiger partial charge in [0.25, 0.3) is 0 Å². The molecule has 3 aromatic carbocycles. The molecule has 12 nitrogen and oxygen atoms in total. The molecular formula is C39H48N2O10S2. The molecule has 1 amide bonds. The van der Waals surface area contributed by atoms with Gasteiger partial charge in [0.15, 0.2) is 17.8 Å². The fraction of sp³-hybridized carbons (Fsp3) is 0.513. The Balaban J connectivity index is 1.14. The topological polar surface area (TPSA) is 122 Å².